The topological polar surface area (TPSA) is 95.9 Å². The lowest BCUT2D eigenvalue weighted by Gasteiger charge is -2.34. The van der Waals surface area contributed by atoms with Crippen molar-refractivity contribution >= 4 is 18.7 Å². The molecule has 0 aromatic heterocycles. The molecule has 1 unspecified atom stereocenters. The summed E-state index contributed by atoms with van der Waals surface area (Å²) in [7, 11) is -1.13. The predicted molar refractivity (Wildman–Crippen MR) is 121 cm³/mol. The fourth-order valence-electron chi connectivity index (χ4n) is 5.07. The van der Waals surface area contributed by atoms with Crippen molar-refractivity contribution in [3.63, 3.8) is 0 Å². The third kappa shape index (κ3) is 5.96. The molecule has 1 aromatic rings. The Balaban J connectivity index is 1.57. The van der Waals surface area contributed by atoms with Crippen molar-refractivity contribution in [3.8, 4) is 5.75 Å². The number of Topliss-reactive ketones (excluding diaryl/α,β-unsaturated/α-hetero) is 2. The van der Waals surface area contributed by atoms with Crippen molar-refractivity contribution in [3.05, 3.63) is 29.3 Å². The molecule has 1 aliphatic heterocycles. The quantitative estimate of drug-likeness (QED) is 0.300. The number of unbranched alkanes of at least 4 members (excludes halogenated alkanes) is 1. The van der Waals surface area contributed by atoms with E-state index in [2.05, 4.69) is 12.2 Å². The van der Waals surface area contributed by atoms with Gasteiger partial charge in [0.05, 0.1) is 12.2 Å². The first kappa shape index (κ1) is 24.0. The Hall–Kier alpha value is -1.70. The molecule has 1 aliphatic carbocycles. The summed E-state index contributed by atoms with van der Waals surface area (Å²) in [6.07, 6.45) is 6.97. The van der Waals surface area contributed by atoms with Crippen LogP contribution in [0.3, 0.4) is 0 Å². The van der Waals surface area contributed by atoms with Gasteiger partial charge in [-0.3, -0.25) is 9.59 Å². The van der Waals surface area contributed by atoms with Crippen molar-refractivity contribution < 1.29 is 24.4 Å². The average molecular weight is 429 g/mol. The fourth-order valence-corrected chi connectivity index (χ4v) is 5.07. The van der Waals surface area contributed by atoms with Gasteiger partial charge >= 0.3 is 7.12 Å². The first-order valence-electron chi connectivity index (χ1n) is 11.8. The van der Waals surface area contributed by atoms with Crippen LogP contribution in [0.1, 0.15) is 74.7 Å². The third-order valence-corrected chi connectivity index (χ3v) is 6.98. The van der Waals surface area contributed by atoms with E-state index in [0.717, 1.165) is 37.8 Å². The molecule has 3 N–H and O–H groups in total. The van der Waals surface area contributed by atoms with Crippen LogP contribution < -0.4 is 9.97 Å². The van der Waals surface area contributed by atoms with Gasteiger partial charge in [0.2, 0.25) is 0 Å². The van der Waals surface area contributed by atoms with E-state index in [1.807, 2.05) is 6.07 Å². The summed E-state index contributed by atoms with van der Waals surface area (Å²) in [6, 6.07) is 5.88. The van der Waals surface area contributed by atoms with Crippen LogP contribution in [0, 0.1) is 11.8 Å². The van der Waals surface area contributed by atoms with Crippen molar-refractivity contribution in [1.82, 2.24) is 5.32 Å². The van der Waals surface area contributed by atoms with Gasteiger partial charge in [0.1, 0.15) is 11.5 Å². The normalized spacial score (nSPS) is 24.3. The van der Waals surface area contributed by atoms with Gasteiger partial charge in [-0.1, -0.05) is 25.5 Å². The lowest BCUT2D eigenvalue weighted by atomic mass is 9.63. The van der Waals surface area contributed by atoms with Gasteiger partial charge in [0.15, 0.2) is 5.78 Å². The minimum absolute atomic E-state index is 0.00344. The van der Waals surface area contributed by atoms with E-state index >= 15 is 0 Å². The minimum Gasteiger partial charge on any atom is -0.535 e. The number of nitrogens with one attached hydrogen (secondary N) is 1. The smallest absolute Gasteiger partial charge is 0.526 e. The molecule has 2 aliphatic rings. The van der Waals surface area contributed by atoms with Crippen LogP contribution in [0.25, 0.3) is 0 Å². The molecule has 0 saturated heterocycles. The van der Waals surface area contributed by atoms with E-state index in [1.54, 1.807) is 12.1 Å². The van der Waals surface area contributed by atoms with Crippen LogP contribution in [0.5, 0.6) is 5.75 Å². The van der Waals surface area contributed by atoms with Crippen molar-refractivity contribution in [2.45, 2.75) is 77.1 Å². The SMILES string of the molecule is CCCCNC1CCC(C(CO)C(=O)C[C@H]2Cc3cccc(C(C)=O)c3OB2O)CC1. The van der Waals surface area contributed by atoms with E-state index in [-0.39, 0.29) is 42.2 Å². The van der Waals surface area contributed by atoms with E-state index in [1.165, 1.54) is 19.8 Å². The number of para-hydroxylation sites is 1. The monoisotopic (exact) mass is 429 g/mol. The molecule has 1 saturated carbocycles. The molecule has 1 aromatic carbocycles. The lowest BCUT2D eigenvalue weighted by Crippen LogP contribution is -2.40. The van der Waals surface area contributed by atoms with Crippen molar-refractivity contribution in [2.75, 3.05) is 13.2 Å². The zero-order valence-corrected chi connectivity index (χ0v) is 18.8. The summed E-state index contributed by atoms with van der Waals surface area (Å²) in [5.41, 5.74) is 1.30. The Labute approximate surface area is 185 Å². The second-order valence-corrected chi connectivity index (χ2v) is 9.20. The van der Waals surface area contributed by atoms with Crippen LogP contribution in [-0.2, 0) is 11.2 Å². The molecule has 0 bridgehead atoms. The number of hydrogen-bond donors (Lipinski definition) is 3. The average Bonchev–Trinajstić information content (AvgIpc) is 2.75. The van der Waals surface area contributed by atoms with Crippen molar-refractivity contribution in [2.24, 2.45) is 11.8 Å². The molecule has 6 nitrogen and oxygen atoms in total. The number of ketones is 2. The third-order valence-electron chi connectivity index (χ3n) is 6.98. The Morgan fingerprint density at radius 1 is 1.26 bits per heavy atom. The second-order valence-electron chi connectivity index (χ2n) is 9.20. The first-order chi connectivity index (χ1) is 14.9. The summed E-state index contributed by atoms with van der Waals surface area (Å²) in [6.45, 7) is 4.55. The summed E-state index contributed by atoms with van der Waals surface area (Å²) < 4.78 is 5.67. The maximum Gasteiger partial charge on any atom is 0.526 e. The zero-order chi connectivity index (χ0) is 22.4. The Morgan fingerprint density at radius 3 is 2.65 bits per heavy atom. The molecular weight excluding hydrogens is 393 g/mol. The Kier molecular flexibility index (Phi) is 8.70. The van der Waals surface area contributed by atoms with Gasteiger partial charge in [0.25, 0.3) is 0 Å². The zero-order valence-electron chi connectivity index (χ0n) is 18.8. The predicted octanol–water partition coefficient (Wildman–Crippen LogP) is 3.19. The molecule has 7 heteroatoms. The standard InChI is InChI=1S/C24H36BNO5/c1-3-4-12-26-20-10-8-17(9-11-20)22(15-27)23(29)14-19-13-18-6-5-7-21(16(2)28)24(18)31-25(19)30/h5-7,17,19-20,22,26-27,30H,3-4,8-15H2,1-2H3/t17?,19-,20?,22?/m1/s1. The number of fused-ring (bicyclic) bond motifs is 1. The van der Waals surface area contributed by atoms with Gasteiger partial charge in [-0.05, 0) is 69.5 Å². The number of aliphatic hydroxyl groups is 1. The van der Waals surface area contributed by atoms with Crippen LogP contribution in [0.4, 0.5) is 0 Å². The molecule has 3 rings (SSSR count). The summed E-state index contributed by atoms with van der Waals surface area (Å²) in [4.78, 5) is 24.9. The number of carbonyl (C=O) groups is 2. The molecule has 0 amide bonds. The molecule has 31 heavy (non-hydrogen) atoms. The maximum atomic E-state index is 13.1. The maximum absolute atomic E-state index is 13.1. The largest absolute Gasteiger partial charge is 0.535 e. The van der Waals surface area contributed by atoms with Gasteiger partial charge in [-0.15, -0.1) is 0 Å². The Morgan fingerprint density at radius 2 is 2.00 bits per heavy atom. The minimum atomic E-state index is -1.13. The van der Waals surface area contributed by atoms with Crippen LogP contribution in [0.15, 0.2) is 18.2 Å². The summed E-state index contributed by atoms with van der Waals surface area (Å²) in [5.74, 6) is -0.238. The van der Waals surface area contributed by atoms with E-state index in [0.29, 0.717) is 23.8 Å². The highest BCUT2D eigenvalue weighted by Crippen LogP contribution is 2.38. The molecule has 2 atom stereocenters. The molecule has 170 valence electrons. The number of rotatable bonds is 10. The highest BCUT2D eigenvalue weighted by molar-refractivity contribution is 6.47. The van der Waals surface area contributed by atoms with Gasteiger partial charge in [0, 0.05) is 24.2 Å². The highest BCUT2D eigenvalue weighted by atomic mass is 16.5. The number of hydrogen-bond acceptors (Lipinski definition) is 6. The summed E-state index contributed by atoms with van der Waals surface area (Å²) >= 11 is 0. The van der Waals surface area contributed by atoms with E-state index in [4.69, 9.17) is 4.65 Å². The highest BCUT2D eigenvalue weighted by Gasteiger charge is 2.40. The van der Waals surface area contributed by atoms with E-state index in [9.17, 15) is 19.7 Å². The molecule has 0 radical (unpaired) electrons. The van der Waals surface area contributed by atoms with E-state index < -0.39 is 7.12 Å². The first-order valence-corrected chi connectivity index (χ1v) is 11.8. The second kappa shape index (κ2) is 11.3. The molecular formula is C24H36BNO5. The number of aliphatic hydroxyl groups excluding tert-OH is 1. The fraction of sp³-hybridized carbons (Fsp3) is 0.667. The Bertz CT molecular complexity index is 762. The van der Waals surface area contributed by atoms with Gasteiger partial charge in [-0.25, -0.2) is 0 Å². The van der Waals surface area contributed by atoms with Crippen LogP contribution in [0.2, 0.25) is 5.82 Å². The van der Waals surface area contributed by atoms with Crippen LogP contribution >= 0.6 is 0 Å². The van der Waals surface area contributed by atoms with Gasteiger partial charge in [-0.2, -0.15) is 0 Å². The lowest BCUT2D eigenvalue weighted by molar-refractivity contribution is -0.126. The number of carbonyl (C=O) groups excluding carboxylic acids is 2. The van der Waals surface area contributed by atoms with Crippen LogP contribution in [-0.4, -0.2) is 48.0 Å². The van der Waals surface area contributed by atoms with Crippen molar-refractivity contribution in [1.29, 1.82) is 0 Å². The van der Waals surface area contributed by atoms with Gasteiger partial charge < -0.3 is 20.1 Å². The summed E-state index contributed by atoms with van der Waals surface area (Å²) in [5, 5.41) is 24.1. The molecule has 1 heterocycles. The molecule has 0 spiro atoms. The number of benzene rings is 1. The molecule has 1 fully saturated rings.